The standard InChI is InChI=1S/C77H122O6/c1-4-7-10-13-16-19-22-25-28-30-31-32-33-34-35-36-37-38-39-40-41-42-43-44-45-47-49-52-55-58-61-64-67-70-76(79)82-73-74(72-81-75(78)69-66-63-60-57-54-51-48-27-24-21-18-15-12-9-6-3)83-77(80)71-68-65-62-59-56-53-50-46-29-26-23-20-17-14-11-8-5-2/h7-12,16-21,25-29,31-32,34-35,37-38,40-41,48,54,57,74H,4-6,13-15,22-24,30,33,36,39,42-47,49-53,55-56,58-73H2,1-3H3/b10-7-,11-8-,12-9-,19-16-,20-17-,21-18-,28-25-,29-26-,32-31-,35-34-,38-37-,41-40-,48-27-,57-54-. The lowest BCUT2D eigenvalue weighted by molar-refractivity contribution is -0.167. The van der Waals surface area contributed by atoms with Crippen molar-refractivity contribution in [1.29, 1.82) is 0 Å². The van der Waals surface area contributed by atoms with Crippen LogP contribution in [0.4, 0.5) is 0 Å². The Balaban J connectivity index is 4.33. The molecule has 0 saturated carbocycles. The minimum Gasteiger partial charge on any atom is -0.462 e. The topological polar surface area (TPSA) is 78.9 Å². The molecule has 0 aliphatic carbocycles. The van der Waals surface area contributed by atoms with E-state index in [9.17, 15) is 14.4 Å². The van der Waals surface area contributed by atoms with Crippen molar-refractivity contribution in [2.45, 2.75) is 284 Å². The van der Waals surface area contributed by atoms with Gasteiger partial charge in [0.2, 0.25) is 0 Å². The summed E-state index contributed by atoms with van der Waals surface area (Å²) < 4.78 is 16.9. The molecule has 0 heterocycles. The molecule has 0 aromatic carbocycles. The molecule has 6 heteroatoms. The smallest absolute Gasteiger partial charge is 0.306 e. The average molecular weight is 1140 g/mol. The predicted molar refractivity (Wildman–Crippen MR) is 361 cm³/mol. The number of carbonyl (C=O) groups is 3. The summed E-state index contributed by atoms with van der Waals surface area (Å²) in [6.07, 6.45) is 102. The van der Waals surface area contributed by atoms with Crippen molar-refractivity contribution in [2.75, 3.05) is 13.2 Å². The third-order valence-corrected chi connectivity index (χ3v) is 13.7. The highest BCUT2D eigenvalue weighted by Crippen LogP contribution is 2.15. The summed E-state index contributed by atoms with van der Waals surface area (Å²) in [5.74, 6) is -0.961. The van der Waals surface area contributed by atoms with Crippen molar-refractivity contribution in [1.82, 2.24) is 0 Å². The average Bonchev–Trinajstić information content (AvgIpc) is 3.49. The van der Waals surface area contributed by atoms with E-state index in [4.69, 9.17) is 14.2 Å². The van der Waals surface area contributed by atoms with E-state index in [1.54, 1.807) is 0 Å². The van der Waals surface area contributed by atoms with E-state index < -0.39 is 6.10 Å². The zero-order valence-electron chi connectivity index (χ0n) is 53.4. The molecule has 0 rings (SSSR count). The Morgan fingerprint density at radius 3 is 0.699 bits per heavy atom. The number of rotatable bonds is 59. The molecule has 0 aliphatic heterocycles. The summed E-state index contributed by atoms with van der Waals surface area (Å²) in [5, 5.41) is 0. The van der Waals surface area contributed by atoms with Gasteiger partial charge in [0.05, 0.1) is 0 Å². The van der Waals surface area contributed by atoms with E-state index in [2.05, 4.69) is 191 Å². The first-order valence-electron chi connectivity index (χ1n) is 33.6. The third-order valence-electron chi connectivity index (χ3n) is 13.7. The largest absolute Gasteiger partial charge is 0.462 e. The van der Waals surface area contributed by atoms with E-state index in [1.165, 1.54) is 77.0 Å². The molecule has 6 nitrogen and oxygen atoms in total. The molecular weight excluding hydrogens is 1020 g/mol. The lowest BCUT2D eigenvalue weighted by Gasteiger charge is -2.18. The molecule has 0 aromatic rings. The van der Waals surface area contributed by atoms with Gasteiger partial charge < -0.3 is 14.2 Å². The van der Waals surface area contributed by atoms with Crippen LogP contribution >= 0.6 is 0 Å². The predicted octanol–water partition coefficient (Wildman–Crippen LogP) is 23.4. The SMILES string of the molecule is CC/C=C\C/C=C\C/C=C\C/C=C\C/C=C\C/C=C\C/C=C\CCCCCCCCCCCCCC(=O)OCC(COC(=O)CCCC/C=C\C/C=C\C/C=C\C/C=C\CC)OC(=O)CCCCCCCCC/C=C\C/C=C\C/C=C\CC. The van der Waals surface area contributed by atoms with E-state index in [1.807, 2.05) is 0 Å². The molecule has 0 saturated heterocycles. The van der Waals surface area contributed by atoms with Crippen LogP contribution in [0.5, 0.6) is 0 Å². The van der Waals surface area contributed by atoms with Gasteiger partial charge in [-0.3, -0.25) is 14.4 Å². The van der Waals surface area contributed by atoms with Crippen molar-refractivity contribution in [3.8, 4) is 0 Å². The number of hydrogen-bond acceptors (Lipinski definition) is 6. The van der Waals surface area contributed by atoms with Crippen LogP contribution in [-0.4, -0.2) is 37.2 Å². The van der Waals surface area contributed by atoms with E-state index >= 15 is 0 Å². The molecule has 0 fully saturated rings. The van der Waals surface area contributed by atoms with E-state index in [0.29, 0.717) is 25.7 Å². The Bertz CT molecular complexity index is 1890. The third kappa shape index (κ3) is 67.4. The molecular formula is C77H122O6. The van der Waals surface area contributed by atoms with Gasteiger partial charge in [0.15, 0.2) is 6.10 Å². The van der Waals surface area contributed by atoms with Crippen molar-refractivity contribution in [3.63, 3.8) is 0 Å². The van der Waals surface area contributed by atoms with Crippen molar-refractivity contribution in [2.24, 2.45) is 0 Å². The highest BCUT2D eigenvalue weighted by molar-refractivity contribution is 5.71. The lowest BCUT2D eigenvalue weighted by Crippen LogP contribution is -2.30. The first kappa shape index (κ1) is 77.8. The van der Waals surface area contributed by atoms with Crippen LogP contribution < -0.4 is 0 Å². The van der Waals surface area contributed by atoms with Crippen LogP contribution in [0.2, 0.25) is 0 Å². The molecule has 1 atom stereocenters. The van der Waals surface area contributed by atoms with Crippen LogP contribution in [0, 0.1) is 0 Å². The van der Waals surface area contributed by atoms with Crippen molar-refractivity contribution >= 4 is 17.9 Å². The van der Waals surface area contributed by atoms with Crippen LogP contribution in [0.15, 0.2) is 170 Å². The molecule has 0 bridgehead atoms. The van der Waals surface area contributed by atoms with Gasteiger partial charge in [-0.05, 0) is 148 Å². The molecule has 83 heavy (non-hydrogen) atoms. The summed E-state index contributed by atoms with van der Waals surface area (Å²) in [6, 6.07) is 0. The first-order chi connectivity index (χ1) is 41.0. The van der Waals surface area contributed by atoms with Crippen LogP contribution in [0.25, 0.3) is 0 Å². The summed E-state index contributed by atoms with van der Waals surface area (Å²) >= 11 is 0. The number of hydrogen-bond donors (Lipinski definition) is 0. The number of unbranched alkanes of at least 4 members (excludes halogenated alkanes) is 20. The van der Waals surface area contributed by atoms with E-state index in [0.717, 1.165) is 154 Å². The first-order valence-corrected chi connectivity index (χ1v) is 33.6. The fourth-order valence-corrected chi connectivity index (χ4v) is 8.78. The number of esters is 3. The quantitative estimate of drug-likeness (QED) is 0.0261. The molecule has 0 spiro atoms. The lowest BCUT2D eigenvalue weighted by atomic mass is 10.0. The highest BCUT2D eigenvalue weighted by Gasteiger charge is 2.19. The molecule has 0 N–H and O–H groups in total. The van der Waals surface area contributed by atoms with Crippen molar-refractivity contribution < 1.29 is 28.6 Å². The Morgan fingerprint density at radius 2 is 0.434 bits per heavy atom. The van der Waals surface area contributed by atoms with Gasteiger partial charge >= 0.3 is 17.9 Å². The van der Waals surface area contributed by atoms with Gasteiger partial charge in [0, 0.05) is 19.3 Å². The molecule has 0 aromatic heterocycles. The van der Waals surface area contributed by atoms with Gasteiger partial charge in [-0.25, -0.2) is 0 Å². The van der Waals surface area contributed by atoms with Crippen LogP contribution in [0.1, 0.15) is 278 Å². The second kappa shape index (κ2) is 69.3. The maximum Gasteiger partial charge on any atom is 0.306 e. The number of allylic oxidation sites excluding steroid dienone is 28. The summed E-state index contributed by atoms with van der Waals surface area (Å²) in [6.45, 7) is 6.26. The monoisotopic (exact) mass is 1140 g/mol. The number of carbonyl (C=O) groups excluding carboxylic acids is 3. The fraction of sp³-hybridized carbons (Fsp3) is 0.597. The number of ether oxygens (including phenoxy) is 3. The van der Waals surface area contributed by atoms with Gasteiger partial charge in [0.25, 0.3) is 0 Å². The minimum absolute atomic E-state index is 0.103. The van der Waals surface area contributed by atoms with Crippen LogP contribution in [0.3, 0.4) is 0 Å². The summed E-state index contributed by atoms with van der Waals surface area (Å²) in [7, 11) is 0. The summed E-state index contributed by atoms with van der Waals surface area (Å²) in [4.78, 5) is 38.4. The van der Waals surface area contributed by atoms with E-state index in [-0.39, 0.29) is 31.1 Å². The van der Waals surface area contributed by atoms with Gasteiger partial charge in [0.1, 0.15) is 13.2 Å². The molecule has 1 unspecified atom stereocenters. The Kier molecular flexibility index (Phi) is 64.9. The van der Waals surface area contributed by atoms with Gasteiger partial charge in [-0.15, -0.1) is 0 Å². The Hall–Kier alpha value is -5.23. The zero-order chi connectivity index (χ0) is 59.9. The maximum absolute atomic E-state index is 12.9. The van der Waals surface area contributed by atoms with Gasteiger partial charge in [-0.2, -0.15) is 0 Å². The van der Waals surface area contributed by atoms with Crippen LogP contribution in [-0.2, 0) is 28.6 Å². The van der Waals surface area contributed by atoms with Crippen molar-refractivity contribution in [3.05, 3.63) is 170 Å². The second-order valence-electron chi connectivity index (χ2n) is 21.6. The highest BCUT2D eigenvalue weighted by atomic mass is 16.6. The zero-order valence-corrected chi connectivity index (χ0v) is 53.4. The summed E-state index contributed by atoms with van der Waals surface area (Å²) in [5.41, 5.74) is 0. The van der Waals surface area contributed by atoms with Gasteiger partial charge in [-0.1, -0.05) is 281 Å². The minimum atomic E-state index is -0.811. The molecule has 0 amide bonds. The molecule has 0 radical (unpaired) electrons. The molecule has 0 aliphatic rings. The Morgan fingerprint density at radius 1 is 0.241 bits per heavy atom. The normalized spacial score (nSPS) is 13.2. The second-order valence-corrected chi connectivity index (χ2v) is 21.6. The Labute approximate surface area is 511 Å². The maximum atomic E-state index is 12.9. The fourth-order valence-electron chi connectivity index (χ4n) is 8.78. The molecule has 466 valence electrons.